The normalized spacial score (nSPS) is 16.1. The average Bonchev–Trinajstić information content (AvgIpc) is 3.39. The van der Waals surface area contributed by atoms with Crippen molar-refractivity contribution in [1.29, 1.82) is 5.26 Å². The Morgan fingerprint density at radius 2 is 2.22 bits per heavy atom. The van der Waals surface area contributed by atoms with Gasteiger partial charge in [-0.05, 0) is 0 Å². The van der Waals surface area contributed by atoms with E-state index in [0.29, 0.717) is 29.6 Å². The molecule has 0 bridgehead atoms. The molecular weight excluding hydrogens is 453 g/mol. The maximum Gasteiger partial charge on any atom is 0.423 e. The summed E-state index contributed by atoms with van der Waals surface area (Å²) in [4.78, 5) is 29.8. The number of carbonyl (C=O) groups excluding carboxylic acids is 1. The van der Waals surface area contributed by atoms with Crippen LogP contribution in [0.1, 0.15) is 23.3 Å². The van der Waals surface area contributed by atoms with Crippen molar-refractivity contribution in [3.8, 4) is 11.3 Å². The van der Waals surface area contributed by atoms with Crippen LogP contribution in [0.3, 0.4) is 0 Å². The standard InChI is InChI=1S/C18H19F3N6O4S/c19-18(20,21)15-13(9-25-26-16(15)29)23-3-6-30-5-2-14(28)27-4-1-11(10-27)31-17-24-8-12(7-22)32-17/h8-9,11H,1-6,10H2,(H2,23,26,29). The molecule has 3 heterocycles. The van der Waals surface area contributed by atoms with Gasteiger partial charge in [0.05, 0.1) is 44.3 Å². The molecule has 1 saturated heterocycles. The Hall–Kier alpha value is -3.18. The molecule has 0 radical (unpaired) electrons. The van der Waals surface area contributed by atoms with Crippen molar-refractivity contribution in [2.24, 2.45) is 0 Å². The third kappa shape index (κ3) is 6.17. The zero-order chi connectivity index (χ0) is 23.1. The molecule has 1 fully saturated rings. The number of aromatic nitrogens is 3. The largest absolute Gasteiger partial charge is 0.465 e. The number of aromatic amines is 1. The number of alkyl halides is 3. The van der Waals surface area contributed by atoms with Gasteiger partial charge in [0, 0.05) is 19.5 Å². The van der Waals surface area contributed by atoms with Crippen LogP contribution in [0.15, 0.2) is 17.2 Å². The molecule has 1 aliphatic heterocycles. The Morgan fingerprint density at radius 3 is 2.94 bits per heavy atom. The summed E-state index contributed by atoms with van der Waals surface area (Å²) in [5.41, 5.74) is -3.12. The summed E-state index contributed by atoms with van der Waals surface area (Å²) < 4.78 is 49.9. The van der Waals surface area contributed by atoms with Gasteiger partial charge in [-0.1, -0.05) is 11.3 Å². The zero-order valence-electron chi connectivity index (χ0n) is 16.6. The van der Waals surface area contributed by atoms with Crippen molar-refractivity contribution >= 4 is 22.9 Å². The molecule has 2 aromatic rings. The number of likely N-dealkylation sites (tertiary alicyclic amines) is 1. The summed E-state index contributed by atoms with van der Waals surface area (Å²) in [6.45, 7) is 1.06. The molecular formula is C18H19F3N6O4S. The fraction of sp³-hybridized carbons (Fsp3) is 0.500. The Bertz CT molecular complexity index is 1030. The Labute approximate surface area is 184 Å². The number of H-pyrrole nitrogens is 1. The first-order valence-corrected chi connectivity index (χ1v) is 10.4. The molecule has 0 aromatic carbocycles. The van der Waals surface area contributed by atoms with Crippen molar-refractivity contribution < 1.29 is 27.4 Å². The predicted octanol–water partition coefficient (Wildman–Crippen LogP) is 1.62. The first-order valence-electron chi connectivity index (χ1n) is 9.54. The minimum atomic E-state index is -4.82. The molecule has 1 aliphatic rings. The lowest BCUT2D eigenvalue weighted by Gasteiger charge is -2.16. The summed E-state index contributed by atoms with van der Waals surface area (Å²) in [5, 5.41) is 16.8. The second-order valence-electron chi connectivity index (χ2n) is 6.75. The number of rotatable bonds is 9. The lowest BCUT2D eigenvalue weighted by atomic mass is 10.2. The van der Waals surface area contributed by atoms with Crippen LogP contribution < -0.4 is 15.6 Å². The molecule has 1 atom stereocenters. The smallest absolute Gasteiger partial charge is 0.423 e. The van der Waals surface area contributed by atoms with Gasteiger partial charge in [-0.15, -0.1) is 0 Å². The average molecular weight is 472 g/mol. The van der Waals surface area contributed by atoms with Crippen LogP contribution in [0.4, 0.5) is 18.9 Å². The van der Waals surface area contributed by atoms with E-state index in [-0.39, 0.29) is 38.2 Å². The van der Waals surface area contributed by atoms with Gasteiger partial charge in [0.2, 0.25) is 5.91 Å². The third-order valence-corrected chi connectivity index (χ3v) is 5.31. The SMILES string of the molecule is N#Cc1cnc(OC2CCN(C(=O)CCOCCNc3cn[nH]c(=O)c3C(F)(F)F)C2)s1. The van der Waals surface area contributed by atoms with Crippen LogP contribution in [0, 0.1) is 11.3 Å². The van der Waals surface area contributed by atoms with E-state index < -0.39 is 23.0 Å². The highest BCUT2D eigenvalue weighted by Gasteiger charge is 2.37. The summed E-state index contributed by atoms with van der Waals surface area (Å²) in [6.07, 6.45) is -1.95. The van der Waals surface area contributed by atoms with E-state index in [4.69, 9.17) is 14.7 Å². The highest BCUT2D eigenvalue weighted by atomic mass is 32.1. The first-order chi connectivity index (χ1) is 15.3. The minimum Gasteiger partial charge on any atom is -0.465 e. The Morgan fingerprint density at radius 1 is 1.41 bits per heavy atom. The number of carbonyl (C=O) groups is 1. The Kier molecular flexibility index (Phi) is 7.65. The number of hydrogen-bond donors (Lipinski definition) is 2. The molecule has 1 amide bonds. The molecule has 3 rings (SSSR count). The van der Waals surface area contributed by atoms with Crippen molar-refractivity contribution in [2.45, 2.75) is 25.1 Å². The van der Waals surface area contributed by atoms with E-state index >= 15 is 0 Å². The molecule has 1 unspecified atom stereocenters. The third-order valence-electron chi connectivity index (χ3n) is 4.52. The summed E-state index contributed by atoms with van der Waals surface area (Å²) >= 11 is 1.14. The number of thiazole rings is 1. The van der Waals surface area contributed by atoms with E-state index in [0.717, 1.165) is 17.5 Å². The quantitative estimate of drug-likeness (QED) is 0.526. The van der Waals surface area contributed by atoms with Gasteiger partial charge >= 0.3 is 6.18 Å². The van der Waals surface area contributed by atoms with E-state index in [1.165, 1.54) is 6.20 Å². The highest BCUT2D eigenvalue weighted by Crippen LogP contribution is 2.31. The monoisotopic (exact) mass is 472 g/mol. The highest BCUT2D eigenvalue weighted by molar-refractivity contribution is 7.13. The van der Waals surface area contributed by atoms with Gasteiger partial charge in [0.25, 0.3) is 10.8 Å². The molecule has 0 saturated carbocycles. The first kappa shape index (κ1) is 23.5. The van der Waals surface area contributed by atoms with Crippen LogP contribution in [-0.2, 0) is 15.7 Å². The number of nitriles is 1. The summed E-state index contributed by atoms with van der Waals surface area (Å²) in [5.74, 6) is -0.126. The number of nitrogens with zero attached hydrogens (tertiary/aromatic N) is 4. The van der Waals surface area contributed by atoms with Gasteiger partial charge in [0.15, 0.2) is 0 Å². The Balaban J connectivity index is 1.34. The number of nitrogens with one attached hydrogen (secondary N) is 2. The molecule has 32 heavy (non-hydrogen) atoms. The lowest BCUT2D eigenvalue weighted by Crippen LogP contribution is -2.31. The molecule has 2 aromatic heterocycles. The fourth-order valence-electron chi connectivity index (χ4n) is 3.05. The second-order valence-corrected chi connectivity index (χ2v) is 7.74. The van der Waals surface area contributed by atoms with Crippen molar-refractivity contribution in [3.63, 3.8) is 0 Å². The van der Waals surface area contributed by atoms with Crippen LogP contribution in [-0.4, -0.2) is 64.9 Å². The number of ether oxygens (including phenoxy) is 2. The van der Waals surface area contributed by atoms with Crippen LogP contribution >= 0.6 is 11.3 Å². The molecule has 0 spiro atoms. The van der Waals surface area contributed by atoms with Gasteiger partial charge < -0.3 is 19.7 Å². The minimum absolute atomic E-state index is 0.000527. The molecule has 10 nitrogen and oxygen atoms in total. The number of amides is 1. The lowest BCUT2D eigenvalue weighted by molar-refractivity contribution is -0.138. The summed E-state index contributed by atoms with van der Waals surface area (Å²) in [7, 11) is 0. The van der Waals surface area contributed by atoms with E-state index in [1.807, 2.05) is 6.07 Å². The van der Waals surface area contributed by atoms with Gasteiger partial charge in [-0.3, -0.25) is 9.59 Å². The maximum absolute atomic E-state index is 13.0. The summed E-state index contributed by atoms with van der Waals surface area (Å²) in [6, 6.07) is 1.98. The topological polar surface area (TPSA) is 133 Å². The molecule has 14 heteroatoms. The number of halogens is 3. The second kappa shape index (κ2) is 10.4. The maximum atomic E-state index is 13.0. The fourth-order valence-corrected chi connectivity index (χ4v) is 3.68. The molecule has 0 aliphatic carbocycles. The van der Waals surface area contributed by atoms with Crippen molar-refractivity contribution in [2.75, 3.05) is 38.2 Å². The van der Waals surface area contributed by atoms with Crippen LogP contribution in [0.25, 0.3) is 0 Å². The van der Waals surface area contributed by atoms with Crippen molar-refractivity contribution in [1.82, 2.24) is 20.1 Å². The number of anilines is 1. The van der Waals surface area contributed by atoms with Gasteiger partial charge in [-0.25, -0.2) is 10.1 Å². The van der Waals surface area contributed by atoms with E-state index in [1.54, 1.807) is 10.00 Å². The zero-order valence-corrected chi connectivity index (χ0v) is 17.5. The predicted molar refractivity (Wildman–Crippen MR) is 106 cm³/mol. The number of hydrogen-bond acceptors (Lipinski definition) is 9. The van der Waals surface area contributed by atoms with Crippen LogP contribution in [0.2, 0.25) is 0 Å². The molecule has 2 N–H and O–H groups in total. The van der Waals surface area contributed by atoms with Gasteiger partial charge in [0.1, 0.15) is 22.6 Å². The van der Waals surface area contributed by atoms with Crippen LogP contribution in [0.5, 0.6) is 5.19 Å². The van der Waals surface area contributed by atoms with Crippen molar-refractivity contribution in [3.05, 3.63) is 33.2 Å². The van der Waals surface area contributed by atoms with E-state index in [2.05, 4.69) is 15.4 Å². The van der Waals surface area contributed by atoms with E-state index in [9.17, 15) is 22.8 Å². The van der Waals surface area contributed by atoms with Gasteiger partial charge in [-0.2, -0.15) is 23.5 Å². The molecule has 172 valence electrons.